The van der Waals surface area contributed by atoms with Crippen LogP contribution in [0, 0.1) is 3.57 Å². The summed E-state index contributed by atoms with van der Waals surface area (Å²) < 4.78 is 1.09. The molecular weight excluding hydrogens is 386 g/mol. The normalized spacial score (nSPS) is 10.2. The van der Waals surface area contributed by atoms with Gasteiger partial charge in [0, 0.05) is 21.7 Å². The van der Waals surface area contributed by atoms with Crippen molar-refractivity contribution in [1.82, 2.24) is 4.98 Å². The van der Waals surface area contributed by atoms with Gasteiger partial charge >= 0.3 is 0 Å². The van der Waals surface area contributed by atoms with Crippen LogP contribution in [0.5, 0.6) is 0 Å². The molecule has 6 heteroatoms. The van der Waals surface area contributed by atoms with Crippen LogP contribution in [-0.2, 0) is 0 Å². The Labute approximate surface area is 128 Å². The zero-order valence-electron chi connectivity index (χ0n) is 8.95. The van der Waals surface area contributed by atoms with Crippen LogP contribution in [0.1, 0.15) is 10.4 Å². The molecule has 0 spiro atoms. The van der Waals surface area contributed by atoms with Crippen molar-refractivity contribution in [2.24, 2.45) is 0 Å². The summed E-state index contributed by atoms with van der Waals surface area (Å²) in [7, 11) is 0. The number of hydrogen-bond acceptors (Lipinski definition) is 2. The van der Waals surface area contributed by atoms with Crippen LogP contribution in [0.25, 0.3) is 0 Å². The molecule has 1 amide bonds. The van der Waals surface area contributed by atoms with E-state index >= 15 is 0 Å². The summed E-state index contributed by atoms with van der Waals surface area (Å²) in [6, 6.07) is 7.41. The van der Waals surface area contributed by atoms with Crippen molar-refractivity contribution < 1.29 is 4.79 Å². The molecule has 3 nitrogen and oxygen atoms in total. The molecular formula is C12H7Cl2IN2O. The Hall–Kier alpha value is -0.850. The number of nitrogens with zero attached hydrogens (tertiary/aromatic N) is 1. The molecule has 0 bridgehead atoms. The van der Waals surface area contributed by atoms with E-state index in [4.69, 9.17) is 23.2 Å². The van der Waals surface area contributed by atoms with Crippen molar-refractivity contribution >= 4 is 57.4 Å². The third kappa shape index (κ3) is 3.13. The van der Waals surface area contributed by atoms with Crippen LogP contribution < -0.4 is 5.32 Å². The van der Waals surface area contributed by atoms with Crippen LogP contribution in [0.3, 0.4) is 0 Å². The van der Waals surface area contributed by atoms with Crippen LogP contribution in [0.4, 0.5) is 5.69 Å². The van der Waals surface area contributed by atoms with Crippen molar-refractivity contribution in [3.8, 4) is 0 Å². The first kappa shape index (κ1) is 13.6. The van der Waals surface area contributed by atoms with Crippen molar-refractivity contribution in [2.75, 3.05) is 5.32 Å². The van der Waals surface area contributed by atoms with Crippen molar-refractivity contribution in [3.05, 3.63) is 55.8 Å². The largest absolute Gasteiger partial charge is 0.322 e. The summed E-state index contributed by atoms with van der Waals surface area (Å²) in [5.41, 5.74) is 0.913. The Morgan fingerprint density at radius 2 is 1.67 bits per heavy atom. The van der Waals surface area contributed by atoms with Gasteiger partial charge in [0.2, 0.25) is 0 Å². The Balaban J connectivity index is 2.25. The molecule has 1 aromatic carbocycles. The lowest BCUT2D eigenvalue weighted by molar-refractivity contribution is 0.102. The fourth-order valence-corrected chi connectivity index (χ4v) is 2.25. The molecule has 1 heterocycles. The lowest BCUT2D eigenvalue weighted by atomic mass is 10.2. The van der Waals surface area contributed by atoms with E-state index in [1.54, 1.807) is 0 Å². The van der Waals surface area contributed by atoms with E-state index in [0.29, 0.717) is 5.69 Å². The quantitative estimate of drug-likeness (QED) is 0.776. The van der Waals surface area contributed by atoms with Gasteiger partial charge < -0.3 is 5.32 Å². The smallest absolute Gasteiger partial charge is 0.258 e. The van der Waals surface area contributed by atoms with Crippen LogP contribution in [0.2, 0.25) is 10.0 Å². The number of pyridine rings is 1. The van der Waals surface area contributed by atoms with E-state index in [2.05, 4.69) is 32.9 Å². The van der Waals surface area contributed by atoms with Gasteiger partial charge in [-0.15, -0.1) is 0 Å². The number of carbonyl (C=O) groups is 1. The van der Waals surface area contributed by atoms with E-state index in [1.165, 1.54) is 12.4 Å². The van der Waals surface area contributed by atoms with Gasteiger partial charge in [-0.3, -0.25) is 9.78 Å². The first-order valence-corrected chi connectivity index (χ1v) is 6.77. The number of aromatic nitrogens is 1. The van der Waals surface area contributed by atoms with Gasteiger partial charge in [-0.2, -0.15) is 0 Å². The Morgan fingerprint density at radius 1 is 1.11 bits per heavy atom. The Bertz CT molecular complexity index is 567. The number of anilines is 1. The second kappa shape index (κ2) is 5.86. The maximum Gasteiger partial charge on any atom is 0.258 e. The highest BCUT2D eigenvalue weighted by Gasteiger charge is 2.15. The minimum absolute atomic E-state index is 0.227. The third-order valence-electron chi connectivity index (χ3n) is 2.18. The summed E-state index contributed by atoms with van der Waals surface area (Å²) in [5.74, 6) is -0.353. The van der Waals surface area contributed by atoms with Crippen LogP contribution >= 0.6 is 45.8 Å². The second-order valence-corrected chi connectivity index (χ2v) is 5.50. The molecule has 0 atom stereocenters. The molecule has 0 saturated carbocycles. The number of nitrogens with one attached hydrogen (secondary N) is 1. The molecule has 0 unspecified atom stereocenters. The van der Waals surface area contributed by atoms with Crippen molar-refractivity contribution in [2.45, 2.75) is 0 Å². The highest BCUT2D eigenvalue weighted by atomic mass is 127. The number of rotatable bonds is 2. The molecule has 0 aliphatic heterocycles. The van der Waals surface area contributed by atoms with E-state index in [9.17, 15) is 4.79 Å². The average molecular weight is 393 g/mol. The molecule has 0 aliphatic rings. The summed E-state index contributed by atoms with van der Waals surface area (Å²) in [4.78, 5) is 15.8. The lowest BCUT2D eigenvalue weighted by Crippen LogP contribution is -2.13. The molecule has 0 saturated heterocycles. The molecule has 18 heavy (non-hydrogen) atoms. The zero-order chi connectivity index (χ0) is 13.1. The van der Waals surface area contributed by atoms with Crippen molar-refractivity contribution in [1.29, 1.82) is 0 Å². The maximum atomic E-state index is 12.0. The predicted molar refractivity (Wildman–Crippen MR) is 81.4 cm³/mol. The molecule has 2 rings (SSSR count). The van der Waals surface area contributed by atoms with Gasteiger partial charge in [0.05, 0.1) is 15.6 Å². The average Bonchev–Trinajstić information content (AvgIpc) is 2.32. The first-order chi connectivity index (χ1) is 8.58. The van der Waals surface area contributed by atoms with E-state index in [0.717, 1.165) is 3.57 Å². The summed E-state index contributed by atoms with van der Waals surface area (Å²) in [6.07, 6.45) is 2.77. The molecule has 92 valence electrons. The highest BCUT2D eigenvalue weighted by molar-refractivity contribution is 14.1. The summed E-state index contributed by atoms with van der Waals surface area (Å²) in [6.45, 7) is 0. The van der Waals surface area contributed by atoms with E-state index in [1.807, 2.05) is 24.3 Å². The Morgan fingerprint density at radius 3 is 2.22 bits per heavy atom. The van der Waals surface area contributed by atoms with E-state index in [-0.39, 0.29) is 21.5 Å². The first-order valence-electron chi connectivity index (χ1n) is 4.94. The topological polar surface area (TPSA) is 42.0 Å². The highest BCUT2D eigenvalue weighted by Crippen LogP contribution is 2.24. The molecule has 0 radical (unpaired) electrons. The Kier molecular flexibility index (Phi) is 4.42. The van der Waals surface area contributed by atoms with Gasteiger partial charge in [-0.05, 0) is 46.9 Å². The van der Waals surface area contributed by atoms with E-state index < -0.39 is 0 Å². The number of amides is 1. The summed E-state index contributed by atoms with van der Waals surface area (Å²) in [5, 5.41) is 3.18. The fraction of sp³-hybridized carbons (Fsp3) is 0. The standard InChI is InChI=1S/C12H7Cl2IN2O/c13-9-5-16-6-10(14)11(9)12(18)17-8-3-1-7(15)2-4-8/h1-6H,(H,17,18). The fourth-order valence-electron chi connectivity index (χ4n) is 1.36. The molecule has 1 aromatic heterocycles. The summed E-state index contributed by atoms with van der Waals surface area (Å²) >= 11 is 14.0. The lowest BCUT2D eigenvalue weighted by Gasteiger charge is -2.07. The SMILES string of the molecule is O=C(Nc1ccc(I)cc1)c1c(Cl)cncc1Cl. The van der Waals surface area contributed by atoms with Gasteiger partial charge in [-0.1, -0.05) is 23.2 Å². The minimum atomic E-state index is -0.353. The number of benzene rings is 1. The molecule has 0 fully saturated rings. The van der Waals surface area contributed by atoms with Crippen molar-refractivity contribution in [3.63, 3.8) is 0 Å². The van der Waals surface area contributed by atoms with Crippen LogP contribution in [0.15, 0.2) is 36.7 Å². The molecule has 1 N–H and O–H groups in total. The zero-order valence-corrected chi connectivity index (χ0v) is 12.6. The second-order valence-electron chi connectivity index (χ2n) is 3.44. The predicted octanol–water partition coefficient (Wildman–Crippen LogP) is 4.25. The van der Waals surface area contributed by atoms with Gasteiger partial charge in [0.25, 0.3) is 5.91 Å². The van der Waals surface area contributed by atoms with Crippen LogP contribution in [-0.4, -0.2) is 10.9 Å². The monoisotopic (exact) mass is 392 g/mol. The maximum absolute atomic E-state index is 12.0. The van der Waals surface area contributed by atoms with Gasteiger partial charge in [0.1, 0.15) is 0 Å². The number of halogens is 3. The minimum Gasteiger partial charge on any atom is -0.322 e. The number of hydrogen-bond donors (Lipinski definition) is 1. The van der Waals surface area contributed by atoms with Gasteiger partial charge in [0.15, 0.2) is 0 Å². The molecule has 0 aliphatic carbocycles. The third-order valence-corrected chi connectivity index (χ3v) is 3.47. The number of carbonyl (C=O) groups excluding carboxylic acids is 1. The van der Waals surface area contributed by atoms with Gasteiger partial charge in [-0.25, -0.2) is 0 Å². The molecule has 2 aromatic rings.